The highest BCUT2D eigenvalue weighted by Gasteiger charge is 2.20. The van der Waals surface area contributed by atoms with Crippen LogP contribution in [-0.4, -0.2) is 23.0 Å². The number of amides is 1. The highest BCUT2D eigenvalue weighted by molar-refractivity contribution is 5.88. The van der Waals surface area contributed by atoms with E-state index in [2.05, 4.69) is 22.9 Å². The zero-order valence-corrected chi connectivity index (χ0v) is 15.9. The number of nitrogens with zero attached hydrogens (tertiary/aromatic N) is 2. The Labute approximate surface area is 159 Å². The molecule has 0 saturated heterocycles. The van der Waals surface area contributed by atoms with Crippen molar-refractivity contribution in [2.75, 3.05) is 11.9 Å². The van der Waals surface area contributed by atoms with Crippen LogP contribution in [-0.2, 0) is 4.79 Å². The van der Waals surface area contributed by atoms with Gasteiger partial charge in [-0.25, -0.2) is 4.98 Å². The van der Waals surface area contributed by atoms with E-state index in [-0.39, 0.29) is 12.5 Å². The Morgan fingerprint density at radius 1 is 1.33 bits per heavy atom. The molecule has 2 rings (SSSR count). The Hall–Kier alpha value is -3.17. The third kappa shape index (κ3) is 5.94. The van der Waals surface area contributed by atoms with Crippen LogP contribution in [0.2, 0.25) is 0 Å². The lowest BCUT2D eigenvalue weighted by atomic mass is 9.96. The standard InChI is InChI=1S/C21H24N4O2/c1-14(2)11-21(4,23)13-27-19-6-5-16(9-18(19)12-22)17-7-8-24-20(10-17)25-15(3)26/h5-10H,1,11,13,23H2,2-4H3,(H,24,25,26). The summed E-state index contributed by atoms with van der Waals surface area (Å²) in [5.41, 5.74) is 8.72. The number of nitriles is 1. The number of hydrogen-bond donors (Lipinski definition) is 2. The van der Waals surface area contributed by atoms with Gasteiger partial charge in [-0.15, -0.1) is 6.58 Å². The van der Waals surface area contributed by atoms with Gasteiger partial charge in [-0.05, 0) is 55.7 Å². The average Bonchev–Trinajstić information content (AvgIpc) is 2.58. The Balaban J connectivity index is 2.23. The van der Waals surface area contributed by atoms with Crippen LogP contribution in [0.4, 0.5) is 5.82 Å². The molecule has 0 radical (unpaired) electrons. The lowest BCUT2D eigenvalue weighted by Gasteiger charge is -2.25. The summed E-state index contributed by atoms with van der Waals surface area (Å²) in [7, 11) is 0. The number of anilines is 1. The number of nitrogens with two attached hydrogens (primary N) is 1. The maximum Gasteiger partial charge on any atom is 0.222 e. The van der Waals surface area contributed by atoms with Crippen molar-refractivity contribution in [3.05, 3.63) is 54.2 Å². The first-order valence-corrected chi connectivity index (χ1v) is 8.54. The summed E-state index contributed by atoms with van der Waals surface area (Å²) >= 11 is 0. The first-order chi connectivity index (χ1) is 12.7. The predicted molar refractivity (Wildman–Crippen MR) is 106 cm³/mol. The van der Waals surface area contributed by atoms with Gasteiger partial charge in [-0.3, -0.25) is 4.79 Å². The summed E-state index contributed by atoms with van der Waals surface area (Å²) in [6, 6.07) is 11.1. The third-order valence-electron chi connectivity index (χ3n) is 3.76. The van der Waals surface area contributed by atoms with Crippen LogP contribution >= 0.6 is 0 Å². The van der Waals surface area contributed by atoms with E-state index in [9.17, 15) is 10.1 Å². The normalized spacial score (nSPS) is 12.6. The molecule has 1 heterocycles. The summed E-state index contributed by atoms with van der Waals surface area (Å²) < 4.78 is 5.80. The Morgan fingerprint density at radius 3 is 2.67 bits per heavy atom. The van der Waals surface area contributed by atoms with E-state index < -0.39 is 5.54 Å². The quantitative estimate of drug-likeness (QED) is 0.730. The van der Waals surface area contributed by atoms with E-state index in [0.717, 1.165) is 16.7 Å². The number of hydrogen-bond acceptors (Lipinski definition) is 5. The lowest BCUT2D eigenvalue weighted by Crippen LogP contribution is -2.42. The molecule has 6 heteroatoms. The monoisotopic (exact) mass is 364 g/mol. The molecule has 0 aliphatic heterocycles. The molecule has 0 saturated carbocycles. The first-order valence-electron chi connectivity index (χ1n) is 8.54. The van der Waals surface area contributed by atoms with Crippen molar-refractivity contribution in [1.29, 1.82) is 5.26 Å². The molecule has 3 N–H and O–H groups in total. The van der Waals surface area contributed by atoms with Gasteiger partial charge in [0.1, 0.15) is 24.2 Å². The topological polar surface area (TPSA) is 101 Å². The molecule has 2 aromatic rings. The van der Waals surface area contributed by atoms with E-state index in [1.54, 1.807) is 24.4 Å². The smallest absolute Gasteiger partial charge is 0.222 e. The maximum atomic E-state index is 11.2. The minimum Gasteiger partial charge on any atom is -0.490 e. The van der Waals surface area contributed by atoms with Crippen LogP contribution in [0.25, 0.3) is 11.1 Å². The van der Waals surface area contributed by atoms with Gasteiger partial charge in [-0.1, -0.05) is 11.6 Å². The van der Waals surface area contributed by atoms with Crippen molar-refractivity contribution in [2.24, 2.45) is 5.73 Å². The van der Waals surface area contributed by atoms with Crippen LogP contribution in [0.5, 0.6) is 5.75 Å². The zero-order chi connectivity index (χ0) is 20.0. The SMILES string of the molecule is C=C(C)CC(C)(N)COc1ccc(-c2ccnc(NC(C)=O)c2)cc1C#N. The lowest BCUT2D eigenvalue weighted by molar-refractivity contribution is -0.114. The van der Waals surface area contributed by atoms with Gasteiger partial charge >= 0.3 is 0 Å². The number of pyridine rings is 1. The highest BCUT2D eigenvalue weighted by Crippen LogP contribution is 2.28. The fourth-order valence-electron chi connectivity index (χ4n) is 2.76. The maximum absolute atomic E-state index is 11.2. The van der Waals surface area contributed by atoms with Crippen LogP contribution < -0.4 is 15.8 Å². The number of carbonyl (C=O) groups excluding carboxylic acids is 1. The molecule has 6 nitrogen and oxygen atoms in total. The molecular weight excluding hydrogens is 340 g/mol. The van der Waals surface area contributed by atoms with Crippen LogP contribution in [0.3, 0.4) is 0 Å². The number of carbonyl (C=O) groups is 1. The molecule has 0 aliphatic carbocycles. The Kier molecular flexibility index (Phi) is 6.32. The van der Waals surface area contributed by atoms with E-state index in [1.165, 1.54) is 6.92 Å². The van der Waals surface area contributed by atoms with Gasteiger partial charge in [0.2, 0.25) is 5.91 Å². The number of aromatic nitrogens is 1. The van der Waals surface area contributed by atoms with Crippen molar-refractivity contribution in [3.8, 4) is 22.9 Å². The minimum atomic E-state index is -0.560. The highest BCUT2D eigenvalue weighted by atomic mass is 16.5. The van der Waals surface area contributed by atoms with E-state index in [4.69, 9.17) is 10.5 Å². The second-order valence-electron chi connectivity index (χ2n) is 7.01. The van der Waals surface area contributed by atoms with Gasteiger partial charge in [0.25, 0.3) is 0 Å². The molecule has 0 fully saturated rings. The van der Waals surface area contributed by atoms with Gasteiger partial charge in [-0.2, -0.15) is 5.26 Å². The molecule has 140 valence electrons. The number of rotatable bonds is 7. The fourth-order valence-corrected chi connectivity index (χ4v) is 2.76. The Morgan fingerprint density at radius 2 is 2.04 bits per heavy atom. The van der Waals surface area contributed by atoms with E-state index in [0.29, 0.717) is 23.6 Å². The summed E-state index contributed by atoms with van der Waals surface area (Å²) in [5.74, 6) is 0.744. The molecule has 0 spiro atoms. The molecule has 1 aromatic heterocycles. The third-order valence-corrected chi connectivity index (χ3v) is 3.76. The molecule has 1 aromatic carbocycles. The summed E-state index contributed by atoms with van der Waals surface area (Å²) in [4.78, 5) is 15.3. The summed E-state index contributed by atoms with van der Waals surface area (Å²) in [6.07, 6.45) is 2.24. The predicted octanol–water partition coefficient (Wildman–Crippen LogP) is 3.64. The van der Waals surface area contributed by atoms with Gasteiger partial charge < -0.3 is 15.8 Å². The number of benzene rings is 1. The molecule has 1 amide bonds. The minimum absolute atomic E-state index is 0.194. The second-order valence-corrected chi connectivity index (χ2v) is 7.01. The van der Waals surface area contributed by atoms with Crippen molar-refractivity contribution >= 4 is 11.7 Å². The van der Waals surface area contributed by atoms with Crippen molar-refractivity contribution < 1.29 is 9.53 Å². The van der Waals surface area contributed by atoms with E-state index in [1.807, 2.05) is 26.0 Å². The van der Waals surface area contributed by atoms with Crippen LogP contribution in [0, 0.1) is 11.3 Å². The molecular formula is C21H24N4O2. The van der Waals surface area contributed by atoms with Crippen molar-refractivity contribution in [1.82, 2.24) is 4.98 Å². The Bertz CT molecular complexity index is 897. The number of nitrogens with one attached hydrogen (secondary N) is 1. The largest absolute Gasteiger partial charge is 0.490 e. The summed E-state index contributed by atoms with van der Waals surface area (Å²) in [5, 5.41) is 12.1. The number of ether oxygens (including phenoxy) is 1. The summed E-state index contributed by atoms with van der Waals surface area (Å²) in [6.45, 7) is 9.39. The van der Waals surface area contributed by atoms with Gasteiger partial charge in [0.05, 0.1) is 11.1 Å². The van der Waals surface area contributed by atoms with Crippen molar-refractivity contribution in [3.63, 3.8) is 0 Å². The molecule has 1 unspecified atom stereocenters. The van der Waals surface area contributed by atoms with E-state index >= 15 is 0 Å². The van der Waals surface area contributed by atoms with Crippen LogP contribution in [0.1, 0.15) is 32.8 Å². The molecule has 0 bridgehead atoms. The molecule has 1 atom stereocenters. The van der Waals surface area contributed by atoms with Gasteiger partial charge in [0, 0.05) is 13.1 Å². The fraction of sp³-hybridized carbons (Fsp3) is 0.286. The second kappa shape index (κ2) is 8.47. The van der Waals surface area contributed by atoms with Crippen molar-refractivity contribution in [2.45, 2.75) is 32.7 Å². The zero-order valence-electron chi connectivity index (χ0n) is 15.9. The molecule has 27 heavy (non-hydrogen) atoms. The van der Waals surface area contributed by atoms with Crippen LogP contribution in [0.15, 0.2) is 48.7 Å². The average molecular weight is 364 g/mol. The van der Waals surface area contributed by atoms with Gasteiger partial charge in [0.15, 0.2) is 0 Å². The first kappa shape index (κ1) is 20.1. The molecule has 0 aliphatic rings.